The molecule has 1 aromatic heterocycles. The molecule has 0 radical (unpaired) electrons. The fraction of sp³-hybridized carbons (Fsp3) is 0.636. The fourth-order valence-corrected chi connectivity index (χ4v) is 1.65. The number of aromatic amines is 1. The highest BCUT2D eigenvalue weighted by Gasteiger charge is 2.28. The summed E-state index contributed by atoms with van der Waals surface area (Å²) in [5, 5.41) is 19.9. The number of nitrogens with zero attached hydrogens (tertiary/aromatic N) is 2. The first-order chi connectivity index (χ1) is 8.97. The van der Waals surface area contributed by atoms with Crippen molar-refractivity contribution in [3.63, 3.8) is 0 Å². The highest BCUT2D eigenvalue weighted by Crippen LogP contribution is 2.22. The molecular weight excluding hydrogens is 250 g/mol. The second-order valence-corrected chi connectivity index (χ2v) is 4.43. The number of carbonyl (C=O) groups excluding carboxylic acids is 1. The van der Waals surface area contributed by atoms with Crippen molar-refractivity contribution in [1.82, 2.24) is 15.5 Å². The zero-order chi connectivity index (χ0) is 14.4. The number of carbonyl (C=O) groups is 1. The zero-order valence-corrected chi connectivity index (χ0v) is 11.1. The zero-order valence-electron chi connectivity index (χ0n) is 11.1. The van der Waals surface area contributed by atoms with Crippen molar-refractivity contribution in [3.05, 3.63) is 21.5 Å². The molecule has 1 atom stereocenters. The summed E-state index contributed by atoms with van der Waals surface area (Å²) in [5.41, 5.74) is 5.53. The number of amides is 1. The van der Waals surface area contributed by atoms with E-state index in [2.05, 4.69) is 15.5 Å². The summed E-state index contributed by atoms with van der Waals surface area (Å²) < 4.78 is 0. The molecule has 0 aromatic carbocycles. The van der Waals surface area contributed by atoms with Gasteiger partial charge in [0.15, 0.2) is 0 Å². The summed E-state index contributed by atoms with van der Waals surface area (Å²) in [6.45, 7) is 4.08. The standard InChI is InChI=1S/C11H19N5O3/c1-3-4-8-10(16(18)19)9(15-14-8)11(17)13-6-5-7(2)12/h7H,3-6,12H2,1-2H3,(H,13,17)(H,14,15). The number of nitrogens with one attached hydrogen (secondary N) is 2. The summed E-state index contributed by atoms with van der Waals surface area (Å²) in [5.74, 6) is -0.550. The summed E-state index contributed by atoms with van der Waals surface area (Å²) in [6, 6.07) is -0.0369. The Hall–Kier alpha value is -1.96. The minimum atomic E-state index is -0.574. The molecule has 1 rings (SSSR count). The lowest BCUT2D eigenvalue weighted by Crippen LogP contribution is -2.29. The average molecular weight is 269 g/mol. The molecule has 0 aliphatic carbocycles. The highest BCUT2D eigenvalue weighted by molar-refractivity contribution is 5.96. The monoisotopic (exact) mass is 269 g/mol. The molecule has 0 aliphatic heterocycles. The largest absolute Gasteiger partial charge is 0.350 e. The molecule has 19 heavy (non-hydrogen) atoms. The fourth-order valence-electron chi connectivity index (χ4n) is 1.65. The van der Waals surface area contributed by atoms with Crippen molar-refractivity contribution in [3.8, 4) is 0 Å². The Morgan fingerprint density at radius 1 is 1.63 bits per heavy atom. The quantitative estimate of drug-likeness (QED) is 0.497. The number of nitro groups is 1. The van der Waals surface area contributed by atoms with E-state index in [1.165, 1.54) is 0 Å². The summed E-state index contributed by atoms with van der Waals surface area (Å²) in [7, 11) is 0. The van der Waals surface area contributed by atoms with Crippen LogP contribution in [0.4, 0.5) is 5.69 Å². The number of aryl methyl sites for hydroxylation is 1. The third-order valence-corrected chi connectivity index (χ3v) is 2.60. The Labute approximate surface area is 110 Å². The molecule has 0 saturated carbocycles. The molecule has 1 heterocycles. The predicted molar refractivity (Wildman–Crippen MR) is 69.8 cm³/mol. The van der Waals surface area contributed by atoms with E-state index in [0.29, 0.717) is 25.1 Å². The van der Waals surface area contributed by atoms with Gasteiger partial charge >= 0.3 is 5.69 Å². The first kappa shape index (κ1) is 15.1. The molecule has 0 aliphatic rings. The van der Waals surface area contributed by atoms with Crippen LogP contribution >= 0.6 is 0 Å². The Balaban J connectivity index is 2.81. The van der Waals surface area contributed by atoms with E-state index in [-0.39, 0.29) is 17.4 Å². The SMILES string of the molecule is CCCc1[nH]nc(C(=O)NCCC(C)N)c1[N+](=O)[O-]. The van der Waals surface area contributed by atoms with Crippen LogP contribution in [0.25, 0.3) is 0 Å². The molecule has 1 amide bonds. The molecule has 0 bridgehead atoms. The molecule has 8 nitrogen and oxygen atoms in total. The Morgan fingerprint density at radius 3 is 2.84 bits per heavy atom. The molecule has 0 fully saturated rings. The van der Waals surface area contributed by atoms with Gasteiger partial charge in [0.25, 0.3) is 5.91 Å². The van der Waals surface area contributed by atoms with Crippen LogP contribution in [0, 0.1) is 10.1 Å². The molecule has 0 saturated heterocycles. The van der Waals surface area contributed by atoms with Crippen LogP contribution in [0.1, 0.15) is 42.9 Å². The van der Waals surface area contributed by atoms with Crippen molar-refractivity contribution >= 4 is 11.6 Å². The Bertz CT molecular complexity index is 455. The van der Waals surface area contributed by atoms with Gasteiger partial charge in [-0.05, 0) is 19.8 Å². The maximum atomic E-state index is 11.8. The van der Waals surface area contributed by atoms with Crippen LogP contribution in [-0.4, -0.2) is 33.6 Å². The molecular formula is C11H19N5O3. The lowest BCUT2D eigenvalue weighted by Gasteiger charge is -2.05. The number of rotatable bonds is 7. The average Bonchev–Trinajstić information content (AvgIpc) is 2.72. The third kappa shape index (κ3) is 4.02. The molecule has 106 valence electrons. The molecule has 1 unspecified atom stereocenters. The van der Waals surface area contributed by atoms with E-state index in [0.717, 1.165) is 6.42 Å². The minimum absolute atomic E-state index is 0.0369. The van der Waals surface area contributed by atoms with E-state index in [1.807, 2.05) is 13.8 Å². The van der Waals surface area contributed by atoms with Crippen molar-refractivity contribution in [2.45, 2.75) is 39.2 Å². The van der Waals surface area contributed by atoms with Gasteiger partial charge in [-0.25, -0.2) is 0 Å². The number of H-pyrrole nitrogens is 1. The Morgan fingerprint density at radius 2 is 2.32 bits per heavy atom. The summed E-state index contributed by atoms with van der Waals surface area (Å²) in [6.07, 6.45) is 1.82. The second kappa shape index (κ2) is 6.83. The number of aromatic nitrogens is 2. The van der Waals surface area contributed by atoms with Gasteiger partial charge in [-0.1, -0.05) is 13.3 Å². The predicted octanol–water partition coefficient (Wildman–Crippen LogP) is 0.738. The van der Waals surface area contributed by atoms with E-state index in [1.54, 1.807) is 0 Å². The van der Waals surface area contributed by atoms with E-state index in [9.17, 15) is 14.9 Å². The van der Waals surface area contributed by atoms with Gasteiger partial charge in [0.1, 0.15) is 5.69 Å². The summed E-state index contributed by atoms with van der Waals surface area (Å²) >= 11 is 0. The van der Waals surface area contributed by atoms with Gasteiger partial charge < -0.3 is 11.1 Å². The van der Waals surface area contributed by atoms with Crippen LogP contribution in [0.3, 0.4) is 0 Å². The number of nitrogens with two attached hydrogens (primary N) is 1. The van der Waals surface area contributed by atoms with Gasteiger partial charge in [-0.15, -0.1) is 0 Å². The van der Waals surface area contributed by atoms with Crippen molar-refractivity contribution in [1.29, 1.82) is 0 Å². The number of hydrogen-bond acceptors (Lipinski definition) is 5. The van der Waals surface area contributed by atoms with Crippen molar-refractivity contribution in [2.24, 2.45) is 5.73 Å². The normalized spacial score (nSPS) is 12.2. The van der Waals surface area contributed by atoms with Crippen molar-refractivity contribution < 1.29 is 9.72 Å². The van der Waals surface area contributed by atoms with Gasteiger partial charge in [-0.2, -0.15) is 5.10 Å². The van der Waals surface area contributed by atoms with E-state index in [4.69, 9.17) is 5.73 Å². The smallest absolute Gasteiger partial charge is 0.322 e. The maximum Gasteiger partial charge on any atom is 0.322 e. The van der Waals surface area contributed by atoms with Crippen LogP contribution in [0.5, 0.6) is 0 Å². The second-order valence-electron chi connectivity index (χ2n) is 4.43. The summed E-state index contributed by atoms with van der Waals surface area (Å²) in [4.78, 5) is 22.3. The maximum absolute atomic E-state index is 11.8. The topological polar surface area (TPSA) is 127 Å². The third-order valence-electron chi connectivity index (χ3n) is 2.60. The molecule has 4 N–H and O–H groups in total. The van der Waals surface area contributed by atoms with Gasteiger partial charge in [0.05, 0.1) is 4.92 Å². The lowest BCUT2D eigenvalue weighted by molar-refractivity contribution is -0.385. The molecule has 8 heteroatoms. The lowest BCUT2D eigenvalue weighted by atomic mass is 10.2. The molecule has 0 spiro atoms. The van der Waals surface area contributed by atoms with Gasteiger partial charge in [-0.3, -0.25) is 20.0 Å². The molecule has 1 aromatic rings. The first-order valence-electron chi connectivity index (χ1n) is 6.22. The first-order valence-corrected chi connectivity index (χ1v) is 6.22. The van der Waals surface area contributed by atoms with E-state index < -0.39 is 10.8 Å². The van der Waals surface area contributed by atoms with Crippen LogP contribution < -0.4 is 11.1 Å². The van der Waals surface area contributed by atoms with Gasteiger partial charge in [0, 0.05) is 12.6 Å². The van der Waals surface area contributed by atoms with Crippen LogP contribution in [-0.2, 0) is 6.42 Å². The van der Waals surface area contributed by atoms with Crippen LogP contribution in [0.2, 0.25) is 0 Å². The minimum Gasteiger partial charge on any atom is -0.350 e. The number of hydrogen-bond donors (Lipinski definition) is 3. The van der Waals surface area contributed by atoms with E-state index >= 15 is 0 Å². The Kier molecular flexibility index (Phi) is 5.43. The van der Waals surface area contributed by atoms with Crippen LogP contribution in [0.15, 0.2) is 0 Å². The van der Waals surface area contributed by atoms with Crippen molar-refractivity contribution in [2.75, 3.05) is 6.54 Å². The van der Waals surface area contributed by atoms with Gasteiger partial charge in [0.2, 0.25) is 5.69 Å². The highest BCUT2D eigenvalue weighted by atomic mass is 16.6.